The monoisotopic (exact) mass is 335 g/mol. The van der Waals surface area contributed by atoms with E-state index in [4.69, 9.17) is 22.7 Å². The van der Waals surface area contributed by atoms with Crippen LogP contribution in [0.2, 0.25) is 0 Å². The maximum absolute atomic E-state index is 5.92. The molecule has 4 heteroatoms. The first kappa shape index (κ1) is 14.0. The van der Waals surface area contributed by atoms with Crippen molar-refractivity contribution in [3.05, 3.63) is 57.6 Å². The second-order valence-corrected chi connectivity index (χ2v) is 5.79. The lowest BCUT2D eigenvalue weighted by Gasteiger charge is -2.12. The summed E-state index contributed by atoms with van der Waals surface area (Å²) in [6.07, 6.45) is 0. The first-order valence-corrected chi connectivity index (χ1v) is 7.01. The van der Waals surface area contributed by atoms with Crippen LogP contribution in [0.4, 0.5) is 0 Å². The van der Waals surface area contributed by atoms with Crippen LogP contribution in [-0.2, 0) is 0 Å². The van der Waals surface area contributed by atoms with Crippen LogP contribution in [0.25, 0.3) is 0 Å². The largest absolute Gasteiger partial charge is 0.457 e. The third kappa shape index (κ3) is 3.55. The van der Waals surface area contributed by atoms with Gasteiger partial charge in [0.15, 0.2) is 0 Å². The van der Waals surface area contributed by atoms with Crippen LogP contribution < -0.4 is 10.5 Å². The van der Waals surface area contributed by atoms with Crippen LogP contribution in [0.3, 0.4) is 0 Å². The number of thiocarbonyl (C=S) groups is 1. The Bertz CT molecular complexity index is 620. The molecular weight excluding hydrogens is 322 g/mol. The van der Waals surface area contributed by atoms with Gasteiger partial charge in [-0.15, -0.1) is 0 Å². The number of nitrogens with two attached hydrogens (primary N) is 1. The summed E-state index contributed by atoms with van der Waals surface area (Å²) in [4.78, 5) is 0.326. The van der Waals surface area contributed by atoms with Crippen molar-refractivity contribution in [3.63, 3.8) is 0 Å². The summed E-state index contributed by atoms with van der Waals surface area (Å²) in [5, 5.41) is 0. The Balaban J connectivity index is 2.42. The normalized spacial score (nSPS) is 10.3. The highest BCUT2D eigenvalue weighted by Gasteiger charge is 2.09. The molecule has 2 rings (SSSR count). The van der Waals surface area contributed by atoms with Gasteiger partial charge < -0.3 is 10.5 Å². The molecule has 0 heterocycles. The van der Waals surface area contributed by atoms with E-state index in [1.807, 2.05) is 44.2 Å². The summed E-state index contributed by atoms with van der Waals surface area (Å²) < 4.78 is 6.84. The first-order valence-electron chi connectivity index (χ1n) is 5.81. The maximum Gasteiger partial charge on any atom is 0.138 e. The quantitative estimate of drug-likeness (QED) is 0.839. The molecule has 0 saturated heterocycles. The fourth-order valence-electron chi connectivity index (χ4n) is 1.90. The molecule has 0 aliphatic rings. The molecule has 0 aliphatic carbocycles. The number of aryl methyl sites for hydroxylation is 2. The Labute approximate surface area is 126 Å². The van der Waals surface area contributed by atoms with Crippen LogP contribution in [0, 0.1) is 13.8 Å². The minimum Gasteiger partial charge on any atom is -0.457 e. The van der Waals surface area contributed by atoms with Crippen molar-refractivity contribution in [1.29, 1.82) is 0 Å². The fraction of sp³-hybridized carbons (Fsp3) is 0.133. The predicted octanol–water partition coefficient (Wildman–Crippen LogP) is 4.49. The van der Waals surface area contributed by atoms with Gasteiger partial charge in [-0.2, -0.15) is 0 Å². The van der Waals surface area contributed by atoms with Crippen molar-refractivity contribution in [2.75, 3.05) is 0 Å². The van der Waals surface area contributed by atoms with Gasteiger partial charge in [0.1, 0.15) is 16.5 Å². The van der Waals surface area contributed by atoms with Crippen molar-refractivity contribution < 1.29 is 4.74 Å². The number of halogens is 1. The number of hydrogen-bond acceptors (Lipinski definition) is 2. The molecule has 0 amide bonds. The summed E-state index contributed by atoms with van der Waals surface area (Å²) in [5.41, 5.74) is 8.76. The lowest BCUT2D eigenvalue weighted by atomic mass is 10.1. The number of rotatable bonds is 3. The van der Waals surface area contributed by atoms with Crippen molar-refractivity contribution >= 4 is 33.1 Å². The molecule has 0 aromatic heterocycles. The molecule has 0 bridgehead atoms. The third-order valence-corrected chi connectivity index (χ3v) is 3.35. The highest BCUT2D eigenvalue weighted by atomic mass is 79.9. The van der Waals surface area contributed by atoms with Crippen LogP contribution >= 0.6 is 28.1 Å². The first-order chi connectivity index (χ1) is 8.95. The highest BCUT2D eigenvalue weighted by molar-refractivity contribution is 9.10. The lowest BCUT2D eigenvalue weighted by molar-refractivity contribution is 0.480. The van der Waals surface area contributed by atoms with Crippen LogP contribution in [0.5, 0.6) is 11.5 Å². The molecule has 0 radical (unpaired) electrons. The van der Waals surface area contributed by atoms with E-state index in [0.717, 1.165) is 26.9 Å². The molecule has 2 aromatic rings. The second-order valence-electron chi connectivity index (χ2n) is 4.43. The van der Waals surface area contributed by atoms with Gasteiger partial charge in [0, 0.05) is 4.47 Å². The molecule has 0 spiro atoms. The van der Waals surface area contributed by atoms with Crippen LogP contribution in [0.1, 0.15) is 16.7 Å². The molecule has 98 valence electrons. The summed E-state index contributed by atoms with van der Waals surface area (Å²) in [7, 11) is 0. The van der Waals surface area contributed by atoms with E-state index in [9.17, 15) is 0 Å². The average molecular weight is 336 g/mol. The predicted molar refractivity (Wildman–Crippen MR) is 86.0 cm³/mol. The van der Waals surface area contributed by atoms with Gasteiger partial charge in [0.2, 0.25) is 0 Å². The topological polar surface area (TPSA) is 35.2 Å². The molecule has 19 heavy (non-hydrogen) atoms. The SMILES string of the molecule is Cc1cc(C)cc(Oc2cc(Br)ccc2C(N)=S)c1. The minimum absolute atomic E-state index is 0.326. The average Bonchev–Trinajstić information content (AvgIpc) is 2.26. The van der Waals surface area contributed by atoms with Crippen LogP contribution in [0.15, 0.2) is 40.9 Å². The van der Waals surface area contributed by atoms with Crippen LogP contribution in [-0.4, -0.2) is 4.99 Å². The van der Waals surface area contributed by atoms with E-state index in [1.54, 1.807) is 0 Å². The number of benzene rings is 2. The van der Waals surface area contributed by atoms with Gasteiger partial charge in [-0.25, -0.2) is 0 Å². The van der Waals surface area contributed by atoms with E-state index >= 15 is 0 Å². The van der Waals surface area contributed by atoms with Crippen molar-refractivity contribution in [2.45, 2.75) is 13.8 Å². The molecule has 0 unspecified atom stereocenters. The Morgan fingerprint density at radius 3 is 2.32 bits per heavy atom. The summed E-state index contributed by atoms with van der Waals surface area (Å²) in [6, 6.07) is 11.7. The van der Waals surface area contributed by atoms with E-state index < -0.39 is 0 Å². The Morgan fingerprint density at radius 1 is 1.11 bits per heavy atom. The van der Waals surface area contributed by atoms with Gasteiger partial charge in [-0.1, -0.05) is 34.2 Å². The molecule has 0 aliphatic heterocycles. The summed E-state index contributed by atoms with van der Waals surface area (Å²) in [6.45, 7) is 4.07. The van der Waals surface area contributed by atoms with Gasteiger partial charge in [-0.3, -0.25) is 0 Å². The zero-order valence-corrected chi connectivity index (χ0v) is 13.1. The lowest BCUT2D eigenvalue weighted by Crippen LogP contribution is -2.10. The van der Waals surface area contributed by atoms with Gasteiger partial charge in [0.05, 0.1) is 5.56 Å². The Kier molecular flexibility index (Phi) is 4.22. The maximum atomic E-state index is 5.92. The smallest absolute Gasteiger partial charge is 0.138 e. The van der Waals surface area contributed by atoms with E-state index in [2.05, 4.69) is 22.0 Å². The standard InChI is InChI=1S/C15H14BrNOS/c1-9-5-10(2)7-12(6-9)18-14-8-11(16)3-4-13(14)15(17)19/h3-8H,1-2H3,(H2,17,19). The molecule has 0 atom stereocenters. The highest BCUT2D eigenvalue weighted by Crippen LogP contribution is 2.29. The van der Waals surface area contributed by atoms with Crippen molar-refractivity contribution in [1.82, 2.24) is 0 Å². The second kappa shape index (κ2) is 5.72. The Hall–Kier alpha value is -1.39. The van der Waals surface area contributed by atoms with Gasteiger partial charge in [0.25, 0.3) is 0 Å². The number of hydrogen-bond donors (Lipinski definition) is 1. The fourth-order valence-corrected chi connectivity index (χ4v) is 2.41. The molecule has 2 aromatic carbocycles. The molecule has 2 nitrogen and oxygen atoms in total. The zero-order chi connectivity index (χ0) is 14.0. The minimum atomic E-state index is 0.326. The molecule has 0 fully saturated rings. The summed E-state index contributed by atoms with van der Waals surface area (Å²) >= 11 is 8.47. The third-order valence-electron chi connectivity index (χ3n) is 2.63. The van der Waals surface area contributed by atoms with Crippen molar-refractivity contribution in [3.8, 4) is 11.5 Å². The summed E-state index contributed by atoms with van der Waals surface area (Å²) in [5.74, 6) is 1.44. The van der Waals surface area contributed by atoms with Gasteiger partial charge >= 0.3 is 0 Å². The molecular formula is C15H14BrNOS. The van der Waals surface area contributed by atoms with E-state index in [1.165, 1.54) is 0 Å². The van der Waals surface area contributed by atoms with Crippen molar-refractivity contribution in [2.24, 2.45) is 5.73 Å². The zero-order valence-electron chi connectivity index (χ0n) is 10.7. The number of ether oxygens (including phenoxy) is 1. The Morgan fingerprint density at radius 2 is 1.74 bits per heavy atom. The molecule has 0 saturated carbocycles. The van der Waals surface area contributed by atoms with E-state index in [-0.39, 0.29) is 0 Å². The molecule has 2 N–H and O–H groups in total. The van der Waals surface area contributed by atoms with E-state index in [0.29, 0.717) is 10.7 Å². The van der Waals surface area contributed by atoms with Gasteiger partial charge in [-0.05, 0) is 55.3 Å².